The van der Waals surface area contributed by atoms with E-state index in [2.05, 4.69) is 0 Å². The Hall–Kier alpha value is -0.890. The summed E-state index contributed by atoms with van der Waals surface area (Å²) in [6.45, 7) is 0.764. The van der Waals surface area contributed by atoms with Gasteiger partial charge in [-0.2, -0.15) is 0 Å². The molecule has 0 aliphatic carbocycles. The van der Waals surface area contributed by atoms with E-state index >= 15 is 0 Å². The highest BCUT2D eigenvalue weighted by molar-refractivity contribution is 5.17. The fraction of sp³-hybridized carbons (Fsp3) is 0.500. The number of unbranched alkanes of at least 4 members (excludes halogenated alkanes) is 3. The van der Waals surface area contributed by atoms with Crippen LogP contribution in [-0.4, -0.2) is 6.54 Å². The van der Waals surface area contributed by atoms with Crippen molar-refractivity contribution in [1.29, 1.82) is 0 Å². The van der Waals surface area contributed by atoms with Gasteiger partial charge in [0.1, 0.15) is 5.82 Å². The Morgan fingerprint density at radius 3 is 2.43 bits per heavy atom. The molecule has 0 aromatic heterocycles. The van der Waals surface area contributed by atoms with E-state index in [9.17, 15) is 4.39 Å². The molecule has 0 saturated heterocycles. The summed E-state index contributed by atoms with van der Waals surface area (Å²) in [6, 6.07) is 7.00. The number of aryl methyl sites for hydroxylation is 1. The second-order valence-electron chi connectivity index (χ2n) is 3.54. The smallest absolute Gasteiger partial charge is 0.126 e. The quantitative estimate of drug-likeness (QED) is 0.694. The van der Waals surface area contributed by atoms with Crippen LogP contribution in [0.2, 0.25) is 0 Å². The summed E-state index contributed by atoms with van der Waals surface area (Å²) in [5, 5.41) is 0. The van der Waals surface area contributed by atoms with Crippen LogP contribution in [0.25, 0.3) is 0 Å². The lowest BCUT2D eigenvalue weighted by Crippen LogP contribution is -1.98. The number of hydrogen-bond donors (Lipinski definition) is 1. The van der Waals surface area contributed by atoms with Crippen LogP contribution >= 0.6 is 0 Å². The third kappa shape index (κ3) is 3.88. The maximum atomic E-state index is 13.1. The molecule has 0 fully saturated rings. The lowest BCUT2D eigenvalue weighted by atomic mass is 10.1. The first kappa shape index (κ1) is 11.2. The minimum Gasteiger partial charge on any atom is -0.330 e. The van der Waals surface area contributed by atoms with Crippen LogP contribution in [0, 0.1) is 5.82 Å². The van der Waals surface area contributed by atoms with Crippen molar-refractivity contribution in [3.8, 4) is 0 Å². The maximum absolute atomic E-state index is 13.1. The molecule has 1 aromatic rings. The van der Waals surface area contributed by atoms with Crippen molar-refractivity contribution in [2.24, 2.45) is 5.73 Å². The molecule has 0 aliphatic rings. The summed E-state index contributed by atoms with van der Waals surface area (Å²) in [4.78, 5) is 0. The van der Waals surface area contributed by atoms with Crippen molar-refractivity contribution in [2.75, 3.05) is 6.54 Å². The predicted molar refractivity (Wildman–Crippen MR) is 57.6 cm³/mol. The van der Waals surface area contributed by atoms with Crippen LogP contribution in [0.1, 0.15) is 31.2 Å². The molecule has 2 N–H and O–H groups in total. The molecule has 2 heteroatoms. The van der Waals surface area contributed by atoms with Gasteiger partial charge in [0.2, 0.25) is 0 Å². The highest BCUT2D eigenvalue weighted by atomic mass is 19.1. The molecule has 0 amide bonds. The normalized spacial score (nSPS) is 10.4. The van der Waals surface area contributed by atoms with Gasteiger partial charge in [-0.3, -0.25) is 0 Å². The van der Waals surface area contributed by atoms with E-state index in [4.69, 9.17) is 5.73 Å². The van der Waals surface area contributed by atoms with Crippen molar-refractivity contribution >= 4 is 0 Å². The Balaban J connectivity index is 2.21. The van der Waals surface area contributed by atoms with E-state index in [-0.39, 0.29) is 5.82 Å². The molecule has 0 unspecified atom stereocenters. The fourth-order valence-electron chi connectivity index (χ4n) is 1.51. The summed E-state index contributed by atoms with van der Waals surface area (Å²) in [5.41, 5.74) is 6.22. The minimum absolute atomic E-state index is 0.0775. The summed E-state index contributed by atoms with van der Waals surface area (Å²) < 4.78 is 13.1. The summed E-state index contributed by atoms with van der Waals surface area (Å²) in [7, 11) is 0. The van der Waals surface area contributed by atoms with Gasteiger partial charge < -0.3 is 5.73 Å². The highest BCUT2D eigenvalue weighted by Gasteiger charge is 1.99. The van der Waals surface area contributed by atoms with E-state index in [0.717, 1.165) is 44.2 Å². The van der Waals surface area contributed by atoms with Crippen molar-refractivity contribution in [2.45, 2.75) is 32.1 Å². The zero-order valence-corrected chi connectivity index (χ0v) is 8.51. The minimum atomic E-state index is -0.0775. The average Bonchev–Trinajstić information content (AvgIpc) is 2.20. The second kappa shape index (κ2) is 6.55. The molecule has 1 aromatic carbocycles. The van der Waals surface area contributed by atoms with E-state index in [1.54, 1.807) is 6.07 Å². The summed E-state index contributed by atoms with van der Waals surface area (Å²) in [5.74, 6) is -0.0775. The Labute approximate surface area is 85.1 Å². The summed E-state index contributed by atoms with van der Waals surface area (Å²) >= 11 is 0. The largest absolute Gasteiger partial charge is 0.330 e. The summed E-state index contributed by atoms with van der Waals surface area (Å²) in [6.07, 6.45) is 5.28. The van der Waals surface area contributed by atoms with E-state index in [1.165, 1.54) is 6.07 Å². The van der Waals surface area contributed by atoms with Gasteiger partial charge in [-0.1, -0.05) is 31.0 Å². The van der Waals surface area contributed by atoms with Crippen molar-refractivity contribution in [1.82, 2.24) is 0 Å². The number of hydrogen-bond acceptors (Lipinski definition) is 1. The van der Waals surface area contributed by atoms with Gasteiger partial charge in [0.05, 0.1) is 0 Å². The first-order valence-corrected chi connectivity index (χ1v) is 5.28. The van der Waals surface area contributed by atoms with E-state index in [0.29, 0.717) is 0 Å². The standard InChI is InChI=1S/C12H18FN/c13-12-9-5-4-8-11(12)7-3-1-2-6-10-14/h4-5,8-9H,1-3,6-7,10,14H2. The Morgan fingerprint density at radius 2 is 1.71 bits per heavy atom. The van der Waals surface area contributed by atoms with Crippen LogP contribution in [0.3, 0.4) is 0 Å². The highest BCUT2D eigenvalue weighted by Crippen LogP contribution is 2.11. The van der Waals surface area contributed by atoms with Crippen LogP contribution in [-0.2, 0) is 6.42 Å². The molecule has 14 heavy (non-hydrogen) atoms. The lowest BCUT2D eigenvalue weighted by Gasteiger charge is -2.02. The number of halogens is 1. The number of rotatable bonds is 6. The molecule has 78 valence electrons. The van der Waals surface area contributed by atoms with Crippen LogP contribution in [0.15, 0.2) is 24.3 Å². The molecule has 0 atom stereocenters. The van der Waals surface area contributed by atoms with Gasteiger partial charge in [-0.15, -0.1) is 0 Å². The molecule has 1 rings (SSSR count). The van der Waals surface area contributed by atoms with Gasteiger partial charge in [-0.05, 0) is 37.4 Å². The average molecular weight is 195 g/mol. The fourth-order valence-corrected chi connectivity index (χ4v) is 1.51. The SMILES string of the molecule is NCCCCCCc1ccccc1F. The molecule has 0 spiro atoms. The Bertz CT molecular complexity index is 260. The molecule has 0 bridgehead atoms. The first-order chi connectivity index (χ1) is 6.84. The zero-order valence-electron chi connectivity index (χ0n) is 8.51. The third-order valence-electron chi connectivity index (χ3n) is 2.36. The molecule has 0 aliphatic heterocycles. The monoisotopic (exact) mass is 195 g/mol. The maximum Gasteiger partial charge on any atom is 0.126 e. The van der Waals surface area contributed by atoms with Crippen LogP contribution in [0.5, 0.6) is 0 Å². The lowest BCUT2D eigenvalue weighted by molar-refractivity contribution is 0.591. The number of benzene rings is 1. The van der Waals surface area contributed by atoms with Gasteiger partial charge in [0.25, 0.3) is 0 Å². The first-order valence-electron chi connectivity index (χ1n) is 5.28. The molecule has 0 radical (unpaired) electrons. The molecule has 0 saturated carbocycles. The van der Waals surface area contributed by atoms with Crippen LogP contribution < -0.4 is 5.73 Å². The van der Waals surface area contributed by atoms with E-state index in [1.807, 2.05) is 12.1 Å². The second-order valence-corrected chi connectivity index (χ2v) is 3.54. The topological polar surface area (TPSA) is 26.0 Å². The molecule has 0 heterocycles. The van der Waals surface area contributed by atoms with Crippen molar-refractivity contribution in [3.05, 3.63) is 35.6 Å². The van der Waals surface area contributed by atoms with Crippen LogP contribution in [0.4, 0.5) is 4.39 Å². The Kier molecular flexibility index (Phi) is 5.23. The zero-order chi connectivity index (χ0) is 10.2. The Morgan fingerprint density at radius 1 is 1.00 bits per heavy atom. The van der Waals surface area contributed by atoms with Gasteiger partial charge in [0.15, 0.2) is 0 Å². The van der Waals surface area contributed by atoms with Gasteiger partial charge in [-0.25, -0.2) is 4.39 Å². The predicted octanol–water partition coefficient (Wildman–Crippen LogP) is 2.89. The van der Waals surface area contributed by atoms with Gasteiger partial charge in [0, 0.05) is 0 Å². The third-order valence-corrected chi connectivity index (χ3v) is 2.36. The molecular weight excluding hydrogens is 177 g/mol. The van der Waals surface area contributed by atoms with Crippen molar-refractivity contribution in [3.63, 3.8) is 0 Å². The molecule has 1 nitrogen and oxygen atoms in total. The van der Waals surface area contributed by atoms with Crippen molar-refractivity contribution < 1.29 is 4.39 Å². The van der Waals surface area contributed by atoms with E-state index < -0.39 is 0 Å². The molecular formula is C12H18FN. The van der Waals surface area contributed by atoms with Gasteiger partial charge >= 0.3 is 0 Å². The number of nitrogens with two attached hydrogens (primary N) is 1.